The van der Waals surface area contributed by atoms with Gasteiger partial charge in [-0.15, -0.1) is 11.3 Å². The number of nitriles is 1. The predicted molar refractivity (Wildman–Crippen MR) is 114 cm³/mol. The van der Waals surface area contributed by atoms with Gasteiger partial charge in [0.25, 0.3) is 0 Å². The predicted octanol–water partition coefficient (Wildman–Crippen LogP) is 5.57. The Bertz CT molecular complexity index is 880. The molecule has 0 radical (unpaired) electrons. The molecule has 28 heavy (non-hydrogen) atoms. The van der Waals surface area contributed by atoms with Crippen LogP contribution in [0.3, 0.4) is 0 Å². The van der Waals surface area contributed by atoms with Gasteiger partial charge in [0.1, 0.15) is 23.4 Å². The standard InChI is InChI=1S/C21H29N3O2SSi/c1-28(2,3)26-16(12-22)11-14-9-10-17-18(14)19-20(23-13-24-21(19)27-17)25-15-7-5-4-6-8-15/h13-16H,4-11H2,1-3H3/t14-,16?/m1/s1. The summed E-state index contributed by atoms with van der Waals surface area (Å²) in [6.45, 7) is 6.42. The summed E-state index contributed by atoms with van der Waals surface area (Å²) in [4.78, 5) is 11.5. The zero-order valence-electron chi connectivity index (χ0n) is 17.0. The van der Waals surface area contributed by atoms with E-state index >= 15 is 0 Å². The van der Waals surface area contributed by atoms with Crippen molar-refractivity contribution < 1.29 is 9.16 Å². The van der Waals surface area contributed by atoms with Crippen LogP contribution in [0.2, 0.25) is 19.6 Å². The van der Waals surface area contributed by atoms with Crippen LogP contribution in [0, 0.1) is 11.3 Å². The van der Waals surface area contributed by atoms with E-state index in [4.69, 9.17) is 9.16 Å². The van der Waals surface area contributed by atoms with Crippen molar-refractivity contribution >= 4 is 29.9 Å². The third kappa shape index (κ3) is 4.24. The molecule has 2 aliphatic carbocycles. The lowest BCUT2D eigenvalue weighted by Crippen LogP contribution is -2.32. The lowest BCUT2D eigenvalue weighted by atomic mass is 9.94. The van der Waals surface area contributed by atoms with Gasteiger partial charge < -0.3 is 9.16 Å². The van der Waals surface area contributed by atoms with Crippen LogP contribution in [0.4, 0.5) is 0 Å². The summed E-state index contributed by atoms with van der Waals surface area (Å²) in [5.41, 5.74) is 1.32. The summed E-state index contributed by atoms with van der Waals surface area (Å²) in [5.74, 6) is 1.07. The molecular formula is C21H29N3O2SSi. The molecule has 0 spiro atoms. The highest BCUT2D eigenvalue weighted by Gasteiger charge is 2.33. The van der Waals surface area contributed by atoms with E-state index in [1.165, 1.54) is 29.7 Å². The average Bonchev–Trinajstić information content (AvgIpc) is 3.21. The van der Waals surface area contributed by atoms with E-state index in [0.29, 0.717) is 5.92 Å². The van der Waals surface area contributed by atoms with Crippen LogP contribution in [-0.2, 0) is 10.8 Å². The Labute approximate surface area is 172 Å². The quantitative estimate of drug-likeness (QED) is 0.577. The molecule has 1 fully saturated rings. The molecule has 150 valence electrons. The topological polar surface area (TPSA) is 68.0 Å². The number of aryl methyl sites for hydroxylation is 1. The molecule has 0 aromatic carbocycles. The molecule has 7 heteroatoms. The van der Waals surface area contributed by atoms with Crippen molar-refractivity contribution in [3.63, 3.8) is 0 Å². The number of fused-ring (bicyclic) bond motifs is 3. The first-order valence-corrected chi connectivity index (χ1v) is 14.7. The third-order valence-electron chi connectivity index (χ3n) is 5.66. The average molecular weight is 416 g/mol. The van der Waals surface area contributed by atoms with E-state index < -0.39 is 8.32 Å². The SMILES string of the molecule is C[Si](C)(C)OC(C#N)C[C@H]1CCc2sc3ncnc(OC4CCCCC4)c3c21. The molecule has 2 aromatic heterocycles. The molecule has 2 aromatic rings. The Morgan fingerprint density at radius 1 is 1.21 bits per heavy atom. The number of aromatic nitrogens is 2. The minimum atomic E-state index is -1.75. The molecule has 0 aliphatic heterocycles. The van der Waals surface area contributed by atoms with Crippen molar-refractivity contribution in [1.29, 1.82) is 5.26 Å². The monoisotopic (exact) mass is 415 g/mol. The first-order valence-electron chi connectivity index (χ1n) is 10.4. The maximum absolute atomic E-state index is 9.63. The summed E-state index contributed by atoms with van der Waals surface area (Å²) >= 11 is 1.77. The number of hydrogen-bond donors (Lipinski definition) is 0. The van der Waals surface area contributed by atoms with Crippen molar-refractivity contribution in [3.05, 3.63) is 16.8 Å². The zero-order valence-corrected chi connectivity index (χ0v) is 18.8. The van der Waals surface area contributed by atoms with Gasteiger partial charge in [-0.1, -0.05) is 6.42 Å². The van der Waals surface area contributed by atoms with Crippen LogP contribution in [0.5, 0.6) is 5.88 Å². The van der Waals surface area contributed by atoms with Gasteiger partial charge in [0, 0.05) is 4.88 Å². The van der Waals surface area contributed by atoms with E-state index in [-0.39, 0.29) is 12.2 Å². The van der Waals surface area contributed by atoms with Gasteiger partial charge in [-0.25, -0.2) is 9.97 Å². The first kappa shape index (κ1) is 19.8. The molecule has 2 heterocycles. The van der Waals surface area contributed by atoms with Crippen molar-refractivity contribution in [2.75, 3.05) is 0 Å². The van der Waals surface area contributed by atoms with Crippen LogP contribution in [0.15, 0.2) is 6.33 Å². The van der Waals surface area contributed by atoms with Gasteiger partial charge in [-0.2, -0.15) is 5.26 Å². The molecule has 5 nitrogen and oxygen atoms in total. The second-order valence-electron chi connectivity index (χ2n) is 9.00. The van der Waals surface area contributed by atoms with E-state index in [0.717, 1.165) is 48.2 Å². The molecular weight excluding hydrogens is 386 g/mol. The van der Waals surface area contributed by atoms with Crippen LogP contribution in [0.1, 0.15) is 61.3 Å². The van der Waals surface area contributed by atoms with Crippen LogP contribution >= 0.6 is 11.3 Å². The minimum Gasteiger partial charge on any atom is -0.474 e. The molecule has 0 saturated heterocycles. The highest BCUT2D eigenvalue weighted by Crippen LogP contribution is 2.48. The highest BCUT2D eigenvalue weighted by atomic mass is 32.1. The number of thiophene rings is 1. The van der Waals surface area contributed by atoms with Crippen molar-refractivity contribution in [2.24, 2.45) is 0 Å². The number of ether oxygens (including phenoxy) is 1. The van der Waals surface area contributed by atoms with E-state index in [1.54, 1.807) is 17.7 Å². The molecule has 1 saturated carbocycles. The van der Waals surface area contributed by atoms with Crippen molar-refractivity contribution in [3.8, 4) is 11.9 Å². The normalized spacial score (nSPS) is 21.4. The number of rotatable bonds is 6. The second-order valence-corrected chi connectivity index (χ2v) is 14.5. The molecule has 0 bridgehead atoms. The van der Waals surface area contributed by atoms with Crippen molar-refractivity contribution in [1.82, 2.24) is 9.97 Å². The summed E-state index contributed by atoms with van der Waals surface area (Å²) in [5, 5.41) is 10.7. The molecule has 0 N–H and O–H groups in total. The second kappa shape index (κ2) is 8.09. The molecule has 2 aliphatic rings. The van der Waals surface area contributed by atoms with Crippen LogP contribution < -0.4 is 4.74 Å². The molecule has 1 unspecified atom stereocenters. The Hall–Kier alpha value is -1.49. The Morgan fingerprint density at radius 2 is 2.00 bits per heavy atom. The largest absolute Gasteiger partial charge is 0.474 e. The lowest BCUT2D eigenvalue weighted by molar-refractivity contribution is 0.150. The minimum absolute atomic E-state index is 0.268. The van der Waals surface area contributed by atoms with Gasteiger partial charge in [-0.3, -0.25) is 0 Å². The van der Waals surface area contributed by atoms with E-state index in [9.17, 15) is 5.26 Å². The first-order chi connectivity index (χ1) is 13.4. The fourth-order valence-corrected chi connectivity index (χ4v) is 6.75. The third-order valence-corrected chi connectivity index (χ3v) is 7.83. The summed E-state index contributed by atoms with van der Waals surface area (Å²) in [6, 6.07) is 2.39. The maximum Gasteiger partial charge on any atom is 0.225 e. The molecule has 4 rings (SSSR count). The lowest BCUT2D eigenvalue weighted by Gasteiger charge is -2.25. The zero-order chi connectivity index (χ0) is 19.7. The number of hydrogen-bond acceptors (Lipinski definition) is 6. The maximum atomic E-state index is 9.63. The highest BCUT2D eigenvalue weighted by molar-refractivity contribution is 7.19. The number of nitrogens with zero attached hydrogens (tertiary/aromatic N) is 3. The van der Waals surface area contributed by atoms with Crippen LogP contribution in [-0.4, -0.2) is 30.5 Å². The van der Waals surface area contributed by atoms with E-state index in [1.807, 2.05) is 0 Å². The Morgan fingerprint density at radius 3 is 2.71 bits per heavy atom. The molecule has 0 amide bonds. The van der Waals surface area contributed by atoms with Gasteiger partial charge in [0.15, 0.2) is 8.32 Å². The van der Waals surface area contributed by atoms with Crippen molar-refractivity contribution in [2.45, 2.75) is 89.1 Å². The fourth-order valence-electron chi connectivity index (χ4n) is 4.52. The fraction of sp³-hybridized carbons (Fsp3) is 0.667. The van der Waals surface area contributed by atoms with Gasteiger partial charge in [0.2, 0.25) is 5.88 Å². The van der Waals surface area contributed by atoms with Gasteiger partial charge in [0.05, 0.1) is 11.5 Å². The summed E-state index contributed by atoms with van der Waals surface area (Å²) in [6.07, 6.45) is 10.4. The van der Waals surface area contributed by atoms with Crippen LogP contribution in [0.25, 0.3) is 10.2 Å². The molecule has 2 atom stereocenters. The summed E-state index contributed by atoms with van der Waals surface area (Å²) in [7, 11) is -1.75. The van der Waals surface area contributed by atoms with E-state index in [2.05, 4.69) is 35.7 Å². The van der Waals surface area contributed by atoms with Gasteiger partial charge in [-0.05, 0) is 76.1 Å². The Kier molecular flexibility index (Phi) is 5.73. The Balaban J connectivity index is 1.62. The van der Waals surface area contributed by atoms with Gasteiger partial charge >= 0.3 is 0 Å². The smallest absolute Gasteiger partial charge is 0.225 e. The summed E-state index contributed by atoms with van der Waals surface area (Å²) < 4.78 is 12.5.